The van der Waals surface area contributed by atoms with Crippen molar-refractivity contribution in [1.82, 2.24) is 0 Å². The van der Waals surface area contributed by atoms with E-state index in [1.165, 1.54) is 96.3 Å². The summed E-state index contributed by atoms with van der Waals surface area (Å²) in [6.45, 7) is 6.38. The molecule has 1 atom stereocenters. The zero-order valence-corrected chi connectivity index (χ0v) is 42.7. The van der Waals surface area contributed by atoms with Gasteiger partial charge >= 0.3 is 17.9 Å². The maximum Gasteiger partial charge on any atom is 0.306 e. The van der Waals surface area contributed by atoms with Crippen LogP contribution in [0.3, 0.4) is 0 Å². The number of hydrogen-bond donors (Lipinski definition) is 0. The van der Waals surface area contributed by atoms with Crippen LogP contribution in [0.1, 0.15) is 233 Å². The summed E-state index contributed by atoms with van der Waals surface area (Å²) in [5.74, 6) is -1.09. The summed E-state index contributed by atoms with van der Waals surface area (Å²) in [6, 6.07) is 0. The lowest BCUT2D eigenvalue weighted by atomic mass is 10.1. The van der Waals surface area contributed by atoms with Crippen LogP contribution >= 0.6 is 0 Å². The van der Waals surface area contributed by atoms with Crippen LogP contribution in [-0.2, 0) is 28.6 Å². The molecule has 0 N–H and O–H groups in total. The molecule has 0 saturated heterocycles. The minimum Gasteiger partial charge on any atom is -0.462 e. The van der Waals surface area contributed by atoms with Gasteiger partial charge in [0.15, 0.2) is 6.10 Å². The Hall–Kier alpha value is -3.93. The SMILES string of the molecule is CC/C=C/C/C=C/C/C=C/C/C=C/C/C=C/C/C=C/CCC(=O)OCC(COC(=O)CC/C=C/C/C=C/CCCCCCCC)OC(=O)CCCCCCC/C=C/CCCCCCCCC. The van der Waals surface area contributed by atoms with E-state index in [0.29, 0.717) is 12.8 Å². The molecule has 1 unspecified atom stereocenters. The molecule has 0 saturated carbocycles. The van der Waals surface area contributed by atoms with Crippen LogP contribution in [0.25, 0.3) is 0 Å². The number of unbranched alkanes of at least 4 members (excludes halogenated alkanes) is 18. The second kappa shape index (κ2) is 53.7. The fourth-order valence-electron chi connectivity index (χ4n) is 6.99. The molecule has 0 aliphatic rings. The van der Waals surface area contributed by atoms with E-state index in [4.69, 9.17) is 14.2 Å². The topological polar surface area (TPSA) is 78.9 Å². The van der Waals surface area contributed by atoms with Crippen LogP contribution in [0.4, 0.5) is 0 Å². The monoisotopic (exact) mass is 915 g/mol. The maximum atomic E-state index is 12.8. The van der Waals surface area contributed by atoms with Gasteiger partial charge in [0.05, 0.1) is 0 Å². The van der Waals surface area contributed by atoms with Crippen molar-refractivity contribution in [3.63, 3.8) is 0 Å². The molecule has 6 heteroatoms. The molecule has 0 rings (SSSR count). The van der Waals surface area contributed by atoms with Gasteiger partial charge in [0.2, 0.25) is 0 Å². The molecule has 0 radical (unpaired) electrons. The van der Waals surface area contributed by atoms with Gasteiger partial charge in [0.25, 0.3) is 0 Å². The molecular weight excluding hydrogens is 817 g/mol. The van der Waals surface area contributed by atoms with Crippen LogP contribution in [0, 0.1) is 0 Å². The number of carbonyl (C=O) groups excluding carboxylic acids is 3. The van der Waals surface area contributed by atoms with E-state index >= 15 is 0 Å². The molecule has 0 aliphatic carbocycles. The number of ether oxygens (including phenoxy) is 3. The van der Waals surface area contributed by atoms with Crippen LogP contribution in [0.5, 0.6) is 0 Å². The van der Waals surface area contributed by atoms with Gasteiger partial charge in [-0.15, -0.1) is 0 Å². The molecule has 0 aromatic rings. The average molecular weight is 915 g/mol. The maximum absolute atomic E-state index is 12.8. The first-order chi connectivity index (χ1) is 32.5. The minimum absolute atomic E-state index is 0.137. The van der Waals surface area contributed by atoms with Crippen LogP contribution in [0.2, 0.25) is 0 Å². The summed E-state index contributed by atoms with van der Waals surface area (Å²) in [4.78, 5) is 38.0. The lowest BCUT2D eigenvalue weighted by Gasteiger charge is -2.18. The van der Waals surface area contributed by atoms with E-state index < -0.39 is 6.10 Å². The van der Waals surface area contributed by atoms with E-state index in [2.05, 4.69) is 112 Å². The van der Waals surface area contributed by atoms with Crippen molar-refractivity contribution in [2.24, 2.45) is 0 Å². The van der Waals surface area contributed by atoms with Crippen molar-refractivity contribution >= 4 is 17.9 Å². The summed E-state index contributed by atoms with van der Waals surface area (Å²) < 4.78 is 16.7. The highest BCUT2D eigenvalue weighted by Gasteiger charge is 2.19. The van der Waals surface area contributed by atoms with Gasteiger partial charge in [0.1, 0.15) is 13.2 Å². The van der Waals surface area contributed by atoms with Crippen molar-refractivity contribution in [1.29, 1.82) is 0 Å². The number of rotatable bonds is 47. The van der Waals surface area contributed by atoms with Crippen molar-refractivity contribution in [2.75, 3.05) is 13.2 Å². The van der Waals surface area contributed by atoms with E-state index in [9.17, 15) is 14.4 Å². The van der Waals surface area contributed by atoms with Gasteiger partial charge in [0, 0.05) is 19.3 Å². The molecule has 0 aliphatic heterocycles. The minimum atomic E-state index is -0.837. The molecule has 0 aromatic carbocycles. The quantitative estimate of drug-likeness (QED) is 0.0262. The highest BCUT2D eigenvalue weighted by atomic mass is 16.6. The number of esters is 3. The van der Waals surface area contributed by atoms with Crippen LogP contribution in [0.15, 0.2) is 109 Å². The van der Waals surface area contributed by atoms with E-state index in [-0.39, 0.29) is 50.4 Å². The molecule has 0 aromatic heterocycles. The Kier molecular flexibility index (Phi) is 50.5. The van der Waals surface area contributed by atoms with Gasteiger partial charge in [-0.1, -0.05) is 220 Å². The molecule has 374 valence electrons. The number of carbonyl (C=O) groups is 3. The fraction of sp³-hybridized carbons (Fsp3) is 0.650. The Labute approximate surface area is 406 Å². The smallest absolute Gasteiger partial charge is 0.306 e. The molecule has 66 heavy (non-hydrogen) atoms. The van der Waals surface area contributed by atoms with E-state index in [1.54, 1.807) is 0 Å². The Balaban J connectivity index is 4.57. The Morgan fingerprint density at radius 3 is 1.00 bits per heavy atom. The average Bonchev–Trinajstić information content (AvgIpc) is 3.31. The zero-order valence-electron chi connectivity index (χ0n) is 42.7. The van der Waals surface area contributed by atoms with Crippen molar-refractivity contribution < 1.29 is 28.6 Å². The van der Waals surface area contributed by atoms with Crippen molar-refractivity contribution in [3.05, 3.63) is 109 Å². The first-order valence-corrected chi connectivity index (χ1v) is 26.9. The van der Waals surface area contributed by atoms with Crippen molar-refractivity contribution in [3.8, 4) is 0 Å². The number of hydrogen-bond acceptors (Lipinski definition) is 6. The van der Waals surface area contributed by atoms with E-state index in [0.717, 1.165) is 83.5 Å². The van der Waals surface area contributed by atoms with Gasteiger partial charge in [-0.3, -0.25) is 14.4 Å². The van der Waals surface area contributed by atoms with Gasteiger partial charge in [-0.05, 0) is 103 Å². The summed E-state index contributed by atoms with van der Waals surface area (Å²) in [6.07, 6.45) is 72.4. The Morgan fingerprint density at radius 1 is 0.318 bits per heavy atom. The molecule has 0 fully saturated rings. The van der Waals surface area contributed by atoms with Gasteiger partial charge < -0.3 is 14.2 Å². The molecule has 0 spiro atoms. The molecule has 6 nitrogen and oxygen atoms in total. The summed E-state index contributed by atoms with van der Waals surface area (Å²) >= 11 is 0. The summed E-state index contributed by atoms with van der Waals surface area (Å²) in [5.41, 5.74) is 0. The highest BCUT2D eigenvalue weighted by molar-refractivity contribution is 5.71. The molecule has 0 heterocycles. The van der Waals surface area contributed by atoms with Crippen LogP contribution in [-0.4, -0.2) is 37.2 Å². The third-order valence-corrected chi connectivity index (χ3v) is 11.0. The second-order valence-corrected chi connectivity index (χ2v) is 17.4. The zero-order chi connectivity index (χ0) is 47.9. The third kappa shape index (κ3) is 51.1. The van der Waals surface area contributed by atoms with E-state index in [1.807, 2.05) is 18.2 Å². The van der Waals surface area contributed by atoms with Gasteiger partial charge in [-0.2, -0.15) is 0 Å². The standard InChI is InChI=1S/C60H98O6/c1-4-7-10-13-16-19-22-25-27-29-30-31-33-35-38-41-44-47-50-53-59(62)65-56-57(55-64-58(61)52-49-46-43-40-37-34-24-21-18-15-12-9-6-3)66-60(63)54-51-48-45-42-39-36-32-28-26-23-20-17-14-11-8-5-2/h7,10,16,19,25,27-28,30-32,34-35,37-38,43-44,46-47,57H,4-6,8-9,11-15,17-18,20-24,26,29,33,36,39-42,45,48-56H2,1-3H3/b10-7+,19-16+,27-25+,31-30+,32-28+,37-34+,38-35+,46-43+,47-44+. The lowest BCUT2D eigenvalue weighted by molar-refractivity contribution is -0.166. The first kappa shape index (κ1) is 62.1. The van der Waals surface area contributed by atoms with Crippen LogP contribution < -0.4 is 0 Å². The van der Waals surface area contributed by atoms with Crippen molar-refractivity contribution in [2.45, 2.75) is 239 Å². The molecular formula is C60H98O6. The normalized spacial score (nSPS) is 13.0. The predicted molar refractivity (Wildman–Crippen MR) is 283 cm³/mol. The predicted octanol–water partition coefficient (Wildman–Crippen LogP) is 17.9. The number of allylic oxidation sites excluding steroid dienone is 18. The summed E-state index contributed by atoms with van der Waals surface area (Å²) in [7, 11) is 0. The molecule has 0 bridgehead atoms. The second-order valence-electron chi connectivity index (χ2n) is 17.4. The van der Waals surface area contributed by atoms with Gasteiger partial charge in [-0.25, -0.2) is 0 Å². The largest absolute Gasteiger partial charge is 0.462 e. The Morgan fingerprint density at radius 2 is 0.621 bits per heavy atom. The lowest BCUT2D eigenvalue weighted by Crippen LogP contribution is -2.30. The molecule has 0 amide bonds. The Bertz CT molecular complexity index is 1370. The highest BCUT2D eigenvalue weighted by Crippen LogP contribution is 2.13. The third-order valence-electron chi connectivity index (χ3n) is 11.0. The first-order valence-electron chi connectivity index (χ1n) is 26.9. The fourth-order valence-corrected chi connectivity index (χ4v) is 6.99. The summed E-state index contributed by atoms with van der Waals surface area (Å²) in [5, 5.41) is 0.